The van der Waals surface area contributed by atoms with Crippen molar-refractivity contribution in [2.75, 3.05) is 0 Å². The maximum absolute atomic E-state index is 10.9. The van der Waals surface area contributed by atoms with Crippen molar-refractivity contribution in [2.24, 2.45) is 5.92 Å². The second-order valence-corrected chi connectivity index (χ2v) is 6.55. The van der Waals surface area contributed by atoms with Crippen LogP contribution in [0.1, 0.15) is 30.3 Å². The summed E-state index contributed by atoms with van der Waals surface area (Å²) in [7, 11) is 0. The summed E-state index contributed by atoms with van der Waals surface area (Å²) in [6, 6.07) is 9.29. The van der Waals surface area contributed by atoms with E-state index in [4.69, 9.17) is 11.6 Å². The van der Waals surface area contributed by atoms with Crippen molar-refractivity contribution in [2.45, 2.75) is 26.4 Å². The normalized spacial score (nSPS) is 12.6. The molecule has 0 saturated carbocycles. The molecular formula is C15H17ClN2O2S. The van der Waals surface area contributed by atoms with Crippen LogP contribution in [-0.4, -0.2) is 4.92 Å². The average molecular weight is 325 g/mol. The van der Waals surface area contributed by atoms with Crippen molar-refractivity contribution in [3.05, 3.63) is 61.3 Å². The van der Waals surface area contributed by atoms with Gasteiger partial charge in [0.25, 0.3) is 5.69 Å². The van der Waals surface area contributed by atoms with Crippen LogP contribution in [0.25, 0.3) is 0 Å². The predicted octanol–water partition coefficient (Wildman–Crippen LogP) is 4.80. The Morgan fingerprint density at radius 1 is 1.38 bits per heavy atom. The van der Waals surface area contributed by atoms with E-state index in [0.29, 0.717) is 12.5 Å². The maximum Gasteiger partial charge on any atom is 0.288 e. The summed E-state index contributed by atoms with van der Waals surface area (Å²) in [6.45, 7) is 4.88. The fourth-order valence-electron chi connectivity index (χ4n) is 2.17. The molecule has 0 bridgehead atoms. The average Bonchev–Trinajstić information content (AvgIpc) is 2.94. The molecule has 0 aliphatic carbocycles. The van der Waals surface area contributed by atoms with Crippen molar-refractivity contribution in [3.8, 4) is 0 Å². The van der Waals surface area contributed by atoms with Crippen LogP contribution in [0.4, 0.5) is 5.69 Å². The SMILES string of the molecule is CC(C)C(NCc1ccc(Cl)c([N+](=O)[O-])c1)c1cccs1. The van der Waals surface area contributed by atoms with Gasteiger partial charge in [-0.05, 0) is 29.0 Å². The monoisotopic (exact) mass is 324 g/mol. The molecule has 21 heavy (non-hydrogen) atoms. The first kappa shape index (κ1) is 15.9. The molecular weight excluding hydrogens is 308 g/mol. The summed E-state index contributed by atoms with van der Waals surface area (Å²) in [5.41, 5.74) is 0.807. The standard InChI is InChI=1S/C15H17ClN2O2S/c1-10(2)15(14-4-3-7-21-14)17-9-11-5-6-12(16)13(8-11)18(19)20/h3-8,10,15,17H,9H2,1-2H3. The van der Waals surface area contributed by atoms with Crippen molar-refractivity contribution < 1.29 is 4.92 Å². The number of thiophene rings is 1. The molecule has 0 aliphatic rings. The third kappa shape index (κ3) is 4.03. The lowest BCUT2D eigenvalue weighted by Gasteiger charge is -2.21. The zero-order chi connectivity index (χ0) is 15.4. The van der Waals surface area contributed by atoms with Gasteiger partial charge in [0, 0.05) is 23.5 Å². The summed E-state index contributed by atoms with van der Waals surface area (Å²) in [5, 5.41) is 16.6. The van der Waals surface area contributed by atoms with Gasteiger partial charge in [-0.3, -0.25) is 10.1 Å². The second-order valence-electron chi connectivity index (χ2n) is 5.16. The minimum Gasteiger partial charge on any atom is -0.305 e. The first-order chi connectivity index (χ1) is 9.99. The maximum atomic E-state index is 10.9. The molecule has 1 N–H and O–H groups in total. The van der Waals surface area contributed by atoms with Crippen LogP contribution >= 0.6 is 22.9 Å². The van der Waals surface area contributed by atoms with E-state index < -0.39 is 4.92 Å². The smallest absolute Gasteiger partial charge is 0.288 e. The quantitative estimate of drug-likeness (QED) is 0.613. The van der Waals surface area contributed by atoms with Gasteiger partial charge in [0.15, 0.2) is 0 Å². The Balaban J connectivity index is 2.11. The van der Waals surface area contributed by atoms with Crippen LogP contribution < -0.4 is 5.32 Å². The largest absolute Gasteiger partial charge is 0.305 e. The highest BCUT2D eigenvalue weighted by Crippen LogP contribution is 2.28. The molecule has 1 aromatic heterocycles. The van der Waals surface area contributed by atoms with E-state index in [1.165, 1.54) is 10.9 Å². The third-order valence-corrected chi connectivity index (χ3v) is 4.52. The summed E-state index contributed by atoms with van der Waals surface area (Å²) in [6.07, 6.45) is 0. The number of hydrogen-bond acceptors (Lipinski definition) is 4. The zero-order valence-corrected chi connectivity index (χ0v) is 13.4. The van der Waals surface area contributed by atoms with Gasteiger partial charge >= 0.3 is 0 Å². The first-order valence-corrected chi connectivity index (χ1v) is 7.94. The molecule has 2 aromatic rings. The fraction of sp³-hybridized carbons (Fsp3) is 0.333. The molecule has 2 rings (SSSR count). The molecule has 0 radical (unpaired) electrons. The summed E-state index contributed by atoms with van der Waals surface area (Å²) in [5.74, 6) is 0.436. The highest BCUT2D eigenvalue weighted by Gasteiger charge is 2.17. The van der Waals surface area contributed by atoms with E-state index in [0.717, 1.165) is 5.56 Å². The van der Waals surface area contributed by atoms with Gasteiger partial charge in [0.2, 0.25) is 0 Å². The van der Waals surface area contributed by atoms with Crippen LogP contribution in [-0.2, 0) is 6.54 Å². The lowest BCUT2D eigenvalue weighted by molar-refractivity contribution is -0.384. The first-order valence-electron chi connectivity index (χ1n) is 6.68. The Kier molecular flexibility index (Phi) is 5.33. The highest BCUT2D eigenvalue weighted by atomic mass is 35.5. The predicted molar refractivity (Wildman–Crippen MR) is 86.8 cm³/mol. The number of rotatable bonds is 6. The molecule has 1 heterocycles. The van der Waals surface area contributed by atoms with E-state index >= 15 is 0 Å². The molecule has 1 atom stereocenters. The second kappa shape index (κ2) is 7.02. The van der Waals surface area contributed by atoms with Crippen molar-refractivity contribution >= 4 is 28.6 Å². The molecule has 0 fully saturated rings. The summed E-state index contributed by atoms with van der Waals surface area (Å²) < 4.78 is 0. The molecule has 0 spiro atoms. The lowest BCUT2D eigenvalue weighted by Crippen LogP contribution is -2.24. The van der Waals surface area contributed by atoms with Gasteiger partial charge in [-0.25, -0.2) is 0 Å². The lowest BCUT2D eigenvalue weighted by atomic mass is 10.0. The number of nitrogens with zero attached hydrogens (tertiary/aromatic N) is 1. The van der Waals surface area contributed by atoms with Gasteiger partial charge in [-0.2, -0.15) is 0 Å². The van der Waals surface area contributed by atoms with E-state index in [1.54, 1.807) is 17.4 Å². The van der Waals surface area contributed by atoms with Crippen molar-refractivity contribution in [1.82, 2.24) is 5.32 Å². The summed E-state index contributed by atoms with van der Waals surface area (Å²) >= 11 is 7.54. The van der Waals surface area contributed by atoms with Gasteiger partial charge in [0.05, 0.1) is 4.92 Å². The van der Waals surface area contributed by atoms with Gasteiger partial charge in [-0.15, -0.1) is 11.3 Å². The topological polar surface area (TPSA) is 55.2 Å². The van der Waals surface area contributed by atoms with Gasteiger partial charge < -0.3 is 5.32 Å². The van der Waals surface area contributed by atoms with E-state index in [9.17, 15) is 10.1 Å². The number of nitro benzene ring substituents is 1. The Morgan fingerprint density at radius 2 is 2.14 bits per heavy atom. The molecule has 0 amide bonds. The molecule has 1 aromatic carbocycles. The van der Waals surface area contributed by atoms with Crippen LogP contribution in [0.15, 0.2) is 35.7 Å². The Bertz CT molecular complexity index is 614. The molecule has 6 heteroatoms. The van der Waals surface area contributed by atoms with Crippen LogP contribution in [0.5, 0.6) is 0 Å². The number of nitrogens with one attached hydrogen (secondary N) is 1. The van der Waals surface area contributed by atoms with Crippen molar-refractivity contribution in [3.63, 3.8) is 0 Å². The Hall–Kier alpha value is -1.43. The highest BCUT2D eigenvalue weighted by molar-refractivity contribution is 7.10. The molecule has 112 valence electrons. The van der Waals surface area contributed by atoms with E-state index in [1.807, 2.05) is 12.1 Å². The van der Waals surface area contributed by atoms with Crippen LogP contribution in [0, 0.1) is 16.0 Å². The van der Waals surface area contributed by atoms with Gasteiger partial charge in [-0.1, -0.05) is 37.6 Å². The molecule has 1 unspecified atom stereocenters. The van der Waals surface area contributed by atoms with Crippen LogP contribution in [0.2, 0.25) is 5.02 Å². The number of nitro groups is 1. The molecule has 4 nitrogen and oxygen atoms in total. The Morgan fingerprint density at radius 3 is 2.71 bits per heavy atom. The number of benzene rings is 1. The van der Waals surface area contributed by atoms with Gasteiger partial charge in [0.1, 0.15) is 5.02 Å². The minimum atomic E-state index is -0.453. The van der Waals surface area contributed by atoms with Crippen LogP contribution in [0.3, 0.4) is 0 Å². The molecule has 0 aliphatic heterocycles. The zero-order valence-electron chi connectivity index (χ0n) is 11.9. The molecule has 0 saturated heterocycles. The number of halogens is 1. The van der Waals surface area contributed by atoms with E-state index in [2.05, 4.69) is 30.6 Å². The third-order valence-electron chi connectivity index (χ3n) is 3.25. The summed E-state index contributed by atoms with van der Waals surface area (Å²) in [4.78, 5) is 11.7. The minimum absolute atomic E-state index is 0.0480. The number of hydrogen-bond donors (Lipinski definition) is 1. The van der Waals surface area contributed by atoms with Crippen molar-refractivity contribution in [1.29, 1.82) is 0 Å². The Labute approximate surface area is 132 Å². The van der Waals surface area contributed by atoms with E-state index in [-0.39, 0.29) is 16.8 Å². The fourth-order valence-corrected chi connectivity index (χ4v) is 3.33.